The number of fused-ring (bicyclic) bond motifs is 7. The fraction of sp³-hybridized carbons (Fsp3) is 0.733. The molecule has 0 bridgehead atoms. The molecule has 0 amide bonds. The summed E-state index contributed by atoms with van der Waals surface area (Å²) in [4.78, 5) is 28.2. The van der Waals surface area contributed by atoms with Gasteiger partial charge < -0.3 is 20.1 Å². The number of benzene rings is 1. The monoisotopic (exact) mass is 701 g/mol. The van der Waals surface area contributed by atoms with Crippen molar-refractivity contribution in [3.8, 4) is 0 Å². The Balaban J connectivity index is 1.27. The predicted octanol–water partition coefficient (Wildman–Crippen LogP) is 9.51. The van der Waals surface area contributed by atoms with Crippen LogP contribution >= 0.6 is 0 Å². The van der Waals surface area contributed by atoms with Crippen molar-refractivity contribution in [2.24, 2.45) is 56.7 Å². The van der Waals surface area contributed by atoms with E-state index >= 15 is 0 Å². The molecule has 0 aromatic heterocycles. The molecule has 6 nitrogen and oxygen atoms in total. The van der Waals surface area contributed by atoms with E-state index in [2.05, 4.69) is 83.7 Å². The van der Waals surface area contributed by atoms with Crippen LogP contribution in [-0.4, -0.2) is 61.3 Å². The number of carboxylic acids is 1. The normalized spacial score (nSPS) is 38.5. The first-order valence-electron chi connectivity index (χ1n) is 20.0. The van der Waals surface area contributed by atoms with E-state index in [9.17, 15) is 14.7 Å². The molecule has 51 heavy (non-hydrogen) atoms. The fourth-order valence-corrected chi connectivity index (χ4v) is 13.3. The van der Waals surface area contributed by atoms with E-state index in [1.165, 1.54) is 36.0 Å². The fourth-order valence-electron chi connectivity index (χ4n) is 13.3. The topological polar surface area (TPSA) is 78.9 Å². The van der Waals surface area contributed by atoms with Gasteiger partial charge in [0.1, 0.15) is 5.60 Å². The summed E-state index contributed by atoms with van der Waals surface area (Å²) in [6.07, 6.45) is 11.9. The van der Waals surface area contributed by atoms with Crippen molar-refractivity contribution in [1.29, 1.82) is 0 Å². The Morgan fingerprint density at radius 2 is 1.61 bits per heavy atom. The zero-order chi connectivity index (χ0) is 37.4. The van der Waals surface area contributed by atoms with E-state index in [0.29, 0.717) is 23.3 Å². The quantitative estimate of drug-likeness (QED) is 0.152. The Morgan fingerprint density at radius 1 is 0.922 bits per heavy atom. The van der Waals surface area contributed by atoms with Gasteiger partial charge in [-0.05, 0) is 167 Å². The molecule has 0 radical (unpaired) electrons. The van der Waals surface area contributed by atoms with Gasteiger partial charge in [-0.2, -0.15) is 0 Å². The SMILES string of the molecule is C=C(CNCCN(C)C)[C@@H]1CC[C@]2(C(=O)O)CC[C@]3(C)[C@H](CC[C@@H]4[C@@]5(C)CC=C(c6ccc(C(=O)OC(C)(C)C)cc6)C(C)(C)C5CC[C@]43C)[C@@H]12. The number of hydrogen-bond donors (Lipinski definition) is 2. The van der Waals surface area contributed by atoms with E-state index in [-0.39, 0.29) is 39.5 Å². The number of nitrogens with one attached hydrogen (secondary N) is 1. The average Bonchev–Trinajstić information content (AvgIpc) is 3.44. The maximum atomic E-state index is 13.3. The molecule has 2 N–H and O–H groups in total. The molecule has 0 saturated heterocycles. The van der Waals surface area contributed by atoms with Crippen LogP contribution in [0.2, 0.25) is 0 Å². The number of carboxylic acid groups (broad SMARTS) is 1. The van der Waals surface area contributed by atoms with Gasteiger partial charge in [-0.1, -0.05) is 65.0 Å². The van der Waals surface area contributed by atoms with Gasteiger partial charge in [-0.15, -0.1) is 0 Å². The molecule has 6 heteroatoms. The zero-order valence-corrected chi connectivity index (χ0v) is 33.6. The molecule has 1 aromatic carbocycles. The molecule has 1 unspecified atom stereocenters. The lowest BCUT2D eigenvalue weighted by molar-refractivity contribution is -0.227. The molecule has 5 aliphatic carbocycles. The second-order valence-electron chi connectivity index (χ2n) is 20.1. The van der Waals surface area contributed by atoms with Crippen LogP contribution in [0.5, 0.6) is 0 Å². The van der Waals surface area contributed by atoms with Crippen molar-refractivity contribution in [1.82, 2.24) is 10.2 Å². The molecule has 1 aromatic rings. The molecule has 6 rings (SSSR count). The van der Waals surface area contributed by atoms with Crippen LogP contribution in [0.4, 0.5) is 0 Å². The van der Waals surface area contributed by atoms with Crippen molar-refractivity contribution < 1.29 is 19.4 Å². The second-order valence-corrected chi connectivity index (χ2v) is 20.1. The molecule has 0 aliphatic heterocycles. The van der Waals surface area contributed by atoms with Crippen LogP contribution in [0.3, 0.4) is 0 Å². The van der Waals surface area contributed by atoms with Crippen molar-refractivity contribution in [3.63, 3.8) is 0 Å². The lowest BCUT2D eigenvalue weighted by Crippen LogP contribution is -2.66. The van der Waals surface area contributed by atoms with Gasteiger partial charge in [-0.3, -0.25) is 4.79 Å². The highest BCUT2D eigenvalue weighted by molar-refractivity contribution is 5.90. The first kappa shape index (κ1) is 38.3. The van der Waals surface area contributed by atoms with E-state index in [4.69, 9.17) is 4.74 Å². The van der Waals surface area contributed by atoms with Gasteiger partial charge in [-0.25, -0.2) is 4.79 Å². The number of ether oxygens (including phenoxy) is 1. The van der Waals surface area contributed by atoms with Gasteiger partial charge >= 0.3 is 11.9 Å². The summed E-state index contributed by atoms with van der Waals surface area (Å²) in [5, 5.41) is 14.5. The molecule has 4 saturated carbocycles. The summed E-state index contributed by atoms with van der Waals surface area (Å²) in [6.45, 7) is 25.8. The van der Waals surface area contributed by atoms with Gasteiger partial charge in [0.15, 0.2) is 0 Å². The standard InChI is InChI=1S/C45H68N2O4/c1-29(28-46-26-27-47(10)11)32-18-23-45(39(49)50)25-24-43(8)34(37(32)45)16-17-36-42(7)21-19-33(41(5,6)35(42)20-22-44(36,43)9)30-12-14-31(15-13-30)38(48)51-40(2,3)4/h12-15,19,32,34-37,46H,1,16-18,20-28H2,2-11H3,(H,49,50)/t32-,34+,35?,36+,37+,42-,43+,44+,45-/m0/s1. The number of carbonyl (C=O) groups is 2. The number of allylic oxidation sites excluding steroid dienone is 2. The van der Waals surface area contributed by atoms with E-state index < -0.39 is 17.0 Å². The zero-order valence-electron chi connectivity index (χ0n) is 33.6. The summed E-state index contributed by atoms with van der Waals surface area (Å²) in [5.74, 6) is 1.14. The average molecular weight is 701 g/mol. The predicted molar refractivity (Wildman–Crippen MR) is 207 cm³/mol. The number of aliphatic carboxylic acids is 1. The summed E-state index contributed by atoms with van der Waals surface area (Å²) < 4.78 is 5.63. The molecular formula is C45H68N2O4. The Labute approximate surface area is 309 Å². The van der Waals surface area contributed by atoms with Crippen molar-refractivity contribution in [2.75, 3.05) is 33.7 Å². The number of likely N-dealkylation sites (N-methyl/N-ethyl adjacent to an activating group) is 1. The highest BCUT2D eigenvalue weighted by atomic mass is 16.6. The lowest BCUT2D eigenvalue weighted by atomic mass is 9.32. The Kier molecular flexibility index (Phi) is 9.87. The Bertz CT molecular complexity index is 1550. The number of carbonyl (C=O) groups excluding carboxylic acids is 1. The summed E-state index contributed by atoms with van der Waals surface area (Å²) >= 11 is 0. The Hall–Kier alpha value is -2.44. The number of nitrogens with zero attached hydrogens (tertiary/aromatic N) is 1. The molecule has 5 aliphatic rings. The molecule has 9 atom stereocenters. The van der Waals surface area contributed by atoms with Gasteiger partial charge in [0, 0.05) is 19.6 Å². The van der Waals surface area contributed by atoms with Crippen molar-refractivity contribution in [2.45, 2.75) is 119 Å². The van der Waals surface area contributed by atoms with Crippen molar-refractivity contribution in [3.05, 3.63) is 53.6 Å². The summed E-state index contributed by atoms with van der Waals surface area (Å²) in [5.41, 5.74) is 3.70. The van der Waals surface area contributed by atoms with E-state index in [0.717, 1.165) is 58.2 Å². The minimum atomic E-state index is -0.616. The first-order valence-corrected chi connectivity index (χ1v) is 20.0. The lowest BCUT2D eigenvalue weighted by Gasteiger charge is -2.72. The van der Waals surface area contributed by atoms with Crippen LogP contribution in [0.15, 0.2) is 42.5 Å². The van der Waals surface area contributed by atoms with Crippen LogP contribution in [0.1, 0.15) is 129 Å². The van der Waals surface area contributed by atoms with Crippen LogP contribution in [0.25, 0.3) is 5.57 Å². The third kappa shape index (κ3) is 6.16. The highest BCUT2D eigenvalue weighted by Gasteiger charge is 2.71. The van der Waals surface area contributed by atoms with Gasteiger partial charge in [0.2, 0.25) is 0 Å². The minimum absolute atomic E-state index is 0.0155. The smallest absolute Gasteiger partial charge is 0.338 e. The third-order valence-corrected chi connectivity index (χ3v) is 15.9. The third-order valence-electron chi connectivity index (χ3n) is 15.9. The van der Waals surface area contributed by atoms with Crippen LogP contribution in [0, 0.1) is 56.7 Å². The molecular weight excluding hydrogens is 633 g/mol. The Morgan fingerprint density at radius 3 is 2.24 bits per heavy atom. The maximum absolute atomic E-state index is 13.3. The minimum Gasteiger partial charge on any atom is -0.481 e. The largest absolute Gasteiger partial charge is 0.481 e. The first-order chi connectivity index (χ1) is 23.7. The second kappa shape index (κ2) is 13.1. The van der Waals surface area contributed by atoms with E-state index in [1.807, 2.05) is 32.9 Å². The molecule has 4 fully saturated rings. The molecule has 282 valence electrons. The summed E-state index contributed by atoms with van der Waals surface area (Å²) in [6, 6.07) is 8.10. The van der Waals surface area contributed by atoms with E-state index in [1.54, 1.807) is 0 Å². The van der Waals surface area contributed by atoms with Gasteiger partial charge in [0.05, 0.1) is 11.0 Å². The number of hydrogen-bond acceptors (Lipinski definition) is 5. The van der Waals surface area contributed by atoms with Crippen LogP contribution < -0.4 is 5.32 Å². The maximum Gasteiger partial charge on any atom is 0.338 e. The molecule has 0 spiro atoms. The van der Waals surface area contributed by atoms with Crippen molar-refractivity contribution >= 4 is 17.5 Å². The summed E-state index contributed by atoms with van der Waals surface area (Å²) in [7, 11) is 4.19. The highest BCUT2D eigenvalue weighted by Crippen LogP contribution is 2.77. The van der Waals surface area contributed by atoms with Crippen LogP contribution in [-0.2, 0) is 9.53 Å². The molecule has 0 heterocycles. The van der Waals surface area contributed by atoms with Gasteiger partial charge in [0.25, 0.3) is 0 Å². The number of esters is 1. The number of rotatable bonds is 9.